The lowest BCUT2D eigenvalue weighted by Crippen LogP contribution is -1.99. The van der Waals surface area contributed by atoms with Crippen molar-refractivity contribution < 1.29 is 0 Å². The summed E-state index contributed by atoms with van der Waals surface area (Å²) in [4.78, 5) is 0. The van der Waals surface area contributed by atoms with Crippen molar-refractivity contribution in [3.8, 4) is 0 Å². The van der Waals surface area contributed by atoms with Crippen molar-refractivity contribution in [3.05, 3.63) is 37.2 Å². The molecule has 0 amide bonds. The molecular weight excluding hydrogens is 128 g/mol. The zero-order valence-electron chi connectivity index (χ0n) is 5.62. The van der Waals surface area contributed by atoms with Gasteiger partial charge in [-0.1, -0.05) is 0 Å². The monoisotopic (exact) mass is 140 g/mol. The largest absolute Gasteiger partial charge is 0.403 e. The predicted octanol–water partition coefficient (Wildman–Crippen LogP) is -0.503. The first-order chi connectivity index (χ1) is 4.91. The lowest BCUT2D eigenvalue weighted by molar-refractivity contribution is 1.11. The van der Waals surface area contributed by atoms with Crippen LogP contribution in [-0.4, -0.2) is 0 Å². The van der Waals surface area contributed by atoms with E-state index in [2.05, 4.69) is 10.6 Å². The van der Waals surface area contributed by atoms with Crippen LogP contribution in [0.3, 0.4) is 0 Å². The van der Waals surface area contributed by atoms with Gasteiger partial charge in [-0.2, -0.15) is 0 Å². The number of hydrogen-bond donors (Lipinski definition) is 4. The van der Waals surface area contributed by atoms with Crippen molar-refractivity contribution >= 4 is 0 Å². The van der Waals surface area contributed by atoms with Crippen molar-refractivity contribution in [2.24, 2.45) is 11.5 Å². The molecule has 10 heavy (non-hydrogen) atoms. The minimum absolute atomic E-state index is 1.41. The van der Waals surface area contributed by atoms with E-state index >= 15 is 0 Å². The smallest absolute Gasteiger partial charge is 0.0167 e. The molecule has 0 heterocycles. The van der Waals surface area contributed by atoms with Gasteiger partial charge in [-0.25, -0.2) is 0 Å². The fourth-order valence-electron chi connectivity index (χ4n) is 0.318. The highest BCUT2D eigenvalue weighted by Crippen LogP contribution is 1.62. The van der Waals surface area contributed by atoms with Crippen LogP contribution in [-0.2, 0) is 0 Å². The highest BCUT2D eigenvalue weighted by atomic mass is 14.9. The Balaban J connectivity index is 3.20. The van der Waals surface area contributed by atoms with E-state index in [1.165, 1.54) is 12.4 Å². The summed E-state index contributed by atoms with van der Waals surface area (Å²) in [6.07, 6.45) is 9.38. The highest BCUT2D eigenvalue weighted by Gasteiger charge is 1.62. The topological polar surface area (TPSA) is 76.1 Å². The predicted molar refractivity (Wildman–Crippen MR) is 42.1 cm³/mol. The van der Waals surface area contributed by atoms with E-state index in [1.54, 1.807) is 24.8 Å². The van der Waals surface area contributed by atoms with Crippen LogP contribution in [0.25, 0.3) is 0 Å². The molecule has 0 atom stereocenters. The summed E-state index contributed by atoms with van der Waals surface area (Å²) in [6, 6.07) is 0. The van der Waals surface area contributed by atoms with Crippen LogP contribution in [0, 0.1) is 0 Å². The van der Waals surface area contributed by atoms with Crippen molar-refractivity contribution in [1.82, 2.24) is 10.6 Å². The van der Waals surface area contributed by atoms with Crippen LogP contribution in [0.15, 0.2) is 37.2 Å². The molecule has 0 bridgehead atoms. The van der Waals surface area contributed by atoms with Crippen molar-refractivity contribution in [2.45, 2.75) is 0 Å². The van der Waals surface area contributed by atoms with Crippen molar-refractivity contribution in [2.75, 3.05) is 0 Å². The molecule has 0 aliphatic carbocycles. The maximum absolute atomic E-state index is 5.04. The molecule has 0 aliphatic rings. The third-order valence-corrected chi connectivity index (χ3v) is 0.661. The molecule has 0 saturated carbocycles. The maximum Gasteiger partial charge on any atom is 0.0167 e. The first-order valence-corrected chi connectivity index (χ1v) is 2.82. The van der Waals surface area contributed by atoms with Crippen LogP contribution in [0.2, 0.25) is 0 Å². The normalized spacial score (nSPS) is 11.6. The zero-order valence-corrected chi connectivity index (χ0v) is 5.62. The van der Waals surface area contributed by atoms with Crippen LogP contribution < -0.4 is 22.1 Å². The van der Waals surface area contributed by atoms with Gasteiger partial charge in [0.25, 0.3) is 0 Å². The Hall–Kier alpha value is -1.58. The van der Waals surface area contributed by atoms with E-state index in [0.29, 0.717) is 0 Å². The van der Waals surface area contributed by atoms with Gasteiger partial charge < -0.3 is 22.1 Å². The second kappa shape index (κ2) is 7.42. The zero-order chi connectivity index (χ0) is 7.66. The van der Waals surface area contributed by atoms with Crippen LogP contribution in [0.4, 0.5) is 0 Å². The fourth-order valence-corrected chi connectivity index (χ4v) is 0.318. The van der Waals surface area contributed by atoms with Crippen LogP contribution >= 0.6 is 0 Å². The quantitative estimate of drug-likeness (QED) is 0.424. The summed E-state index contributed by atoms with van der Waals surface area (Å²) >= 11 is 0. The van der Waals surface area contributed by atoms with E-state index in [1.807, 2.05) is 0 Å². The van der Waals surface area contributed by atoms with Crippen LogP contribution in [0.1, 0.15) is 0 Å². The third kappa shape index (κ3) is 6.42. The lowest BCUT2D eigenvalue weighted by Gasteiger charge is -1.88. The van der Waals surface area contributed by atoms with Crippen molar-refractivity contribution in [3.63, 3.8) is 0 Å². The molecule has 0 aromatic rings. The highest BCUT2D eigenvalue weighted by molar-refractivity contribution is 4.88. The Morgan fingerprint density at radius 3 is 1.40 bits per heavy atom. The second-order valence-corrected chi connectivity index (χ2v) is 1.38. The molecule has 6 N–H and O–H groups in total. The molecule has 0 unspecified atom stereocenters. The summed E-state index contributed by atoms with van der Waals surface area (Å²) in [5.41, 5.74) is 10.1. The number of nitrogens with two attached hydrogens (primary N) is 2. The minimum Gasteiger partial charge on any atom is -0.403 e. The fraction of sp³-hybridized carbons (Fsp3) is 0. The average molecular weight is 140 g/mol. The molecule has 56 valence electrons. The molecule has 0 saturated heterocycles. The maximum atomic E-state index is 5.04. The van der Waals surface area contributed by atoms with E-state index < -0.39 is 0 Å². The molecule has 4 nitrogen and oxygen atoms in total. The minimum atomic E-state index is 1.41. The number of hydrogen-bond acceptors (Lipinski definition) is 4. The SMILES string of the molecule is N/C=C/N/C=C/N/C=C/N. The summed E-state index contributed by atoms with van der Waals surface area (Å²) in [6.45, 7) is 0. The van der Waals surface area contributed by atoms with Gasteiger partial charge in [0.05, 0.1) is 0 Å². The molecule has 0 aliphatic heterocycles. The Morgan fingerprint density at radius 2 is 1.10 bits per heavy atom. The molecule has 0 fully saturated rings. The summed E-state index contributed by atoms with van der Waals surface area (Å²) < 4.78 is 0. The van der Waals surface area contributed by atoms with Crippen molar-refractivity contribution in [1.29, 1.82) is 0 Å². The standard InChI is InChI=1S/C6H12N4/c7-1-3-9-5-6-10-4-2-8/h1-6,9-10H,7-8H2/b3-1+,4-2+,6-5+. The van der Waals surface area contributed by atoms with Gasteiger partial charge in [0.2, 0.25) is 0 Å². The van der Waals surface area contributed by atoms with Gasteiger partial charge in [-0.05, 0) is 0 Å². The van der Waals surface area contributed by atoms with Gasteiger partial charge in [-0.15, -0.1) is 0 Å². The molecule has 4 heteroatoms. The summed E-state index contributed by atoms with van der Waals surface area (Å²) in [7, 11) is 0. The van der Waals surface area contributed by atoms with E-state index in [0.717, 1.165) is 0 Å². The average Bonchev–Trinajstić information content (AvgIpc) is 1.97. The summed E-state index contributed by atoms with van der Waals surface area (Å²) in [5, 5.41) is 5.54. The third-order valence-electron chi connectivity index (χ3n) is 0.661. The molecule has 0 spiro atoms. The molecule has 0 aromatic carbocycles. The van der Waals surface area contributed by atoms with Gasteiger partial charge in [0, 0.05) is 37.2 Å². The lowest BCUT2D eigenvalue weighted by atomic mass is 10.8. The number of nitrogens with one attached hydrogen (secondary N) is 2. The Bertz CT molecular complexity index is 121. The summed E-state index contributed by atoms with van der Waals surface area (Å²) in [5.74, 6) is 0. The first-order valence-electron chi connectivity index (χ1n) is 2.82. The number of rotatable bonds is 4. The van der Waals surface area contributed by atoms with Gasteiger partial charge >= 0.3 is 0 Å². The van der Waals surface area contributed by atoms with Gasteiger partial charge in [0.15, 0.2) is 0 Å². The molecule has 0 rings (SSSR count). The Labute approximate surface area is 60.3 Å². The van der Waals surface area contributed by atoms with Gasteiger partial charge in [0.1, 0.15) is 0 Å². The Morgan fingerprint density at radius 1 is 0.700 bits per heavy atom. The molecular formula is C6H12N4. The van der Waals surface area contributed by atoms with E-state index in [9.17, 15) is 0 Å². The van der Waals surface area contributed by atoms with E-state index in [-0.39, 0.29) is 0 Å². The Kier molecular flexibility index (Phi) is 6.25. The van der Waals surface area contributed by atoms with Crippen LogP contribution in [0.5, 0.6) is 0 Å². The first kappa shape index (κ1) is 8.42. The second-order valence-electron chi connectivity index (χ2n) is 1.38. The van der Waals surface area contributed by atoms with Gasteiger partial charge in [-0.3, -0.25) is 0 Å². The van der Waals surface area contributed by atoms with E-state index in [4.69, 9.17) is 11.5 Å². The molecule has 0 aromatic heterocycles. The molecule has 0 radical (unpaired) electrons.